The smallest absolute Gasteiger partial charge is 0.408 e. The Bertz CT molecular complexity index is 681. The van der Waals surface area contributed by atoms with Gasteiger partial charge in [0.2, 0.25) is 0 Å². The highest BCUT2D eigenvalue weighted by atomic mass is 79.9. The molecule has 0 saturated carbocycles. The van der Waals surface area contributed by atoms with Gasteiger partial charge in [-0.05, 0) is 30.7 Å². The maximum absolute atomic E-state index is 14.0. The molecular formula is C17H17BrFNO3. The van der Waals surface area contributed by atoms with Gasteiger partial charge in [-0.25, -0.2) is 9.18 Å². The van der Waals surface area contributed by atoms with Crippen molar-refractivity contribution >= 4 is 22.0 Å². The van der Waals surface area contributed by atoms with Gasteiger partial charge in [-0.1, -0.05) is 46.3 Å². The van der Waals surface area contributed by atoms with Crippen molar-refractivity contribution in [2.45, 2.75) is 19.1 Å². The summed E-state index contributed by atoms with van der Waals surface area (Å²) in [6.45, 7) is 1.15. The fourth-order valence-electron chi connectivity index (χ4n) is 2.10. The van der Waals surface area contributed by atoms with Gasteiger partial charge in [0.05, 0.1) is 12.1 Å². The first-order chi connectivity index (χ1) is 10.9. The van der Waals surface area contributed by atoms with Gasteiger partial charge < -0.3 is 15.2 Å². The number of alkyl carbamates (subject to hydrolysis) is 1. The SMILES string of the molecule is CC(CO)(NC(=O)OCc1ccccc1)c1cc(Br)ccc1F. The Hall–Kier alpha value is -1.92. The molecule has 6 heteroatoms. The number of hydrogen-bond acceptors (Lipinski definition) is 3. The first-order valence-electron chi connectivity index (χ1n) is 7.00. The van der Waals surface area contributed by atoms with E-state index < -0.39 is 24.1 Å². The van der Waals surface area contributed by atoms with E-state index >= 15 is 0 Å². The number of aliphatic hydroxyl groups is 1. The molecule has 0 fully saturated rings. The molecule has 1 unspecified atom stereocenters. The van der Waals surface area contributed by atoms with E-state index in [9.17, 15) is 14.3 Å². The van der Waals surface area contributed by atoms with Crippen LogP contribution in [0.25, 0.3) is 0 Å². The van der Waals surface area contributed by atoms with Crippen molar-refractivity contribution in [1.29, 1.82) is 0 Å². The second kappa shape index (κ2) is 7.57. The van der Waals surface area contributed by atoms with Crippen molar-refractivity contribution in [1.82, 2.24) is 5.32 Å². The Balaban J connectivity index is 2.08. The number of carbonyl (C=O) groups excluding carboxylic acids is 1. The molecule has 0 bridgehead atoms. The molecule has 0 heterocycles. The Kier molecular flexibility index (Phi) is 5.74. The lowest BCUT2D eigenvalue weighted by molar-refractivity contribution is 0.110. The maximum atomic E-state index is 14.0. The standard InChI is InChI=1S/C17H17BrFNO3/c1-17(11-21,14-9-13(18)7-8-15(14)19)20-16(22)23-10-12-5-3-2-4-6-12/h2-9,21H,10-11H2,1H3,(H,20,22). The van der Waals surface area contributed by atoms with Crippen LogP contribution in [0.2, 0.25) is 0 Å². The molecule has 0 aliphatic carbocycles. The molecule has 2 aromatic carbocycles. The van der Waals surface area contributed by atoms with Crippen LogP contribution in [0.3, 0.4) is 0 Å². The molecule has 2 rings (SSSR count). The molecule has 1 amide bonds. The first-order valence-corrected chi connectivity index (χ1v) is 7.79. The average Bonchev–Trinajstić information content (AvgIpc) is 2.56. The maximum Gasteiger partial charge on any atom is 0.408 e. The van der Waals surface area contributed by atoms with Gasteiger partial charge in [0.25, 0.3) is 0 Å². The summed E-state index contributed by atoms with van der Waals surface area (Å²) in [6, 6.07) is 13.5. The van der Waals surface area contributed by atoms with E-state index in [0.717, 1.165) is 5.56 Å². The Labute approximate surface area is 142 Å². The monoisotopic (exact) mass is 381 g/mol. The molecule has 4 nitrogen and oxygen atoms in total. The fourth-order valence-corrected chi connectivity index (χ4v) is 2.46. The summed E-state index contributed by atoms with van der Waals surface area (Å²) in [5.41, 5.74) is -0.283. The highest BCUT2D eigenvalue weighted by Crippen LogP contribution is 2.26. The van der Waals surface area contributed by atoms with Crippen LogP contribution in [0.5, 0.6) is 0 Å². The molecule has 0 saturated heterocycles. The number of hydrogen-bond donors (Lipinski definition) is 2. The van der Waals surface area contributed by atoms with Gasteiger partial charge in [0, 0.05) is 10.0 Å². The van der Waals surface area contributed by atoms with Gasteiger partial charge in [0.1, 0.15) is 12.4 Å². The van der Waals surface area contributed by atoms with E-state index in [1.807, 2.05) is 30.3 Å². The van der Waals surface area contributed by atoms with Gasteiger partial charge >= 0.3 is 6.09 Å². The van der Waals surface area contributed by atoms with E-state index in [0.29, 0.717) is 4.47 Å². The van der Waals surface area contributed by atoms with Crippen LogP contribution in [0.1, 0.15) is 18.1 Å². The summed E-state index contributed by atoms with van der Waals surface area (Å²) >= 11 is 3.25. The van der Waals surface area contributed by atoms with Crippen molar-refractivity contribution in [3.05, 3.63) is 69.9 Å². The van der Waals surface area contributed by atoms with Crippen LogP contribution in [0.15, 0.2) is 53.0 Å². The Morgan fingerprint density at radius 2 is 2.00 bits per heavy atom. The van der Waals surface area contributed by atoms with Crippen molar-refractivity contribution in [2.75, 3.05) is 6.61 Å². The number of halogens is 2. The van der Waals surface area contributed by atoms with E-state index in [4.69, 9.17) is 4.74 Å². The summed E-state index contributed by atoms with van der Waals surface area (Å²) in [7, 11) is 0. The zero-order valence-electron chi connectivity index (χ0n) is 12.6. The molecule has 0 aromatic heterocycles. The summed E-state index contributed by atoms with van der Waals surface area (Å²) in [6.07, 6.45) is -0.732. The third kappa shape index (κ3) is 4.53. The predicted octanol–water partition coefficient (Wildman–Crippen LogP) is 3.72. The van der Waals surface area contributed by atoms with E-state index in [1.54, 1.807) is 6.07 Å². The number of nitrogens with one attached hydrogen (secondary N) is 1. The number of aliphatic hydroxyl groups excluding tert-OH is 1. The molecule has 122 valence electrons. The molecule has 0 radical (unpaired) electrons. The van der Waals surface area contributed by atoms with Crippen LogP contribution in [0.4, 0.5) is 9.18 Å². The highest BCUT2D eigenvalue weighted by molar-refractivity contribution is 9.10. The number of amides is 1. The van der Waals surface area contributed by atoms with Crippen LogP contribution in [-0.2, 0) is 16.9 Å². The van der Waals surface area contributed by atoms with Gasteiger partial charge in [-0.2, -0.15) is 0 Å². The molecule has 1 atom stereocenters. The lowest BCUT2D eigenvalue weighted by Gasteiger charge is -2.29. The second-order valence-electron chi connectivity index (χ2n) is 5.30. The van der Waals surface area contributed by atoms with Crippen LogP contribution >= 0.6 is 15.9 Å². The summed E-state index contributed by atoms with van der Waals surface area (Å²) in [4.78, 5) is 12.0. The molecule has 0 aliphatic heterocycles. The minimum atomic E-state index is -1.29. The van der Waals surface area contributed by atoms with E-state index in [2.05, 4.69) is 21.2 Å². The number of carbonyl (C=O) groups is 1. The molecule has 2 N–H and O–H groups in total. The second-order valence-corrected chi connectivity index (χ2v) is 6.22. The minimum Gasteiger partial charge on any atom is -0.445 e. The van der Waals surface area contributed by atoms with Crippen molar-refractivity contribution in [3.63, 3.8) is 0 Å². The summed E-state index contributed by atoms with van der Waals surface area (Å²) in [5.74, 6) is -0.520. The Morgan fingerprint density at radius 1 is 1.30 bits per heavy atom. The number of benzene rings is 2. The highest BCUT2D eigenvalue weighted by Gasteiger charge is 2.31. The average molecular weight is 382 g/mol. The van der Waals surface area contributed by atoms with Crippen LogP contribution < -0.4 is 5.32 Å². The van der Waals surface area contributed by atoms with E-state index in [1.165, 1.54) is 19.1 Å². The zero-order valence-corrected chi connectivity index (χ0v) is 14.1. The van der Waals surface area contributed by atoms with Crippen LogP contribution in [0, 0.1) is 5.82 Å². The summed E-state index contributed by atoms with van der Waals surface area (Å²) < 4.78 is 19.8. The third-order valence-corrected chi connectivity index (χ3v) is 3.92. The molecule has 0 aliphatic rings. The predicted molar refractivity (Wildman–Crippen MR) is 88.3 cm³/mol. The molecule has 23 heavy (non-hydrogen) atoms. The topological polar surface area (TPSA) is 58.6 Å². The molecule has 0 spiro atoms. The van der Waals surface area contributed by atoms with Crippen molar-refractivity contribution in [3.8, 4) is 0 Å². The quantitative estimate of drug-likeness (QED) is 0.829. The summed E-state index contributed by atoms with van der Waals surface area (Å²) in [5, 5.41) is 12.2. The third-order valence-electron chi connectivity index (χ3n) is 3.43. The normalized spacial score (nSPS) is 13.2. The van der Waals surface area contributed by atoms with Crippen molar-refractivity contribution in [2.24, 2.45) is 0 Å². The number of rotatable bonds is 5. The minimum absolute atomic E-state index is 0.0924. The zero-order chi connectivity index (χ0) is 16.9. The molecular weight excluding hydrogens is 365 g/mol. The molecule has 2 aromatic rings. The fraction of sp³-hybridized carbons (Fsp3) is 0.235. The van der Waals surface area contributed by atoms with Gasteiger partial charge in [-0.3, -0.25) is 0 Å². The number of ether oxygens (including phenoxy) is 1. The van der Waals surface area contributed by atoms with Crippen molar-refractivity contribution < 1.29 is 19.0 Å². The van der Waals surface area contributed by atoms with Crippen LogP contribution in [-0.4, -0.2) is 17.8 Å². The lowest BCUT2D eigenvalue weighted by Crippen LogP contribution is -2.47. The van der Waals surface area contributed by atoms with Gasteiger partial charge in [-0.15, -0.1) is 0 Å². The Morgan fingerprint density at radius 3 is 2.65 bits per heavy atom. The lowest BCUT2D eigenvalue weighted by atomic mass is 9.92. The largest absolute Gasteiger partial charge is 0.445 e. The van der Waals surface area contributed by atoms with Gasteiger partial charge in [0.15, 0.2) is 0 Å². The first kappa shape index (κ1) is 17.4. The van der Waals surface area contributed by atoms with E-state index in [-0.39, 0.29) is 12.2 Å².